The van der Waals surface area contributed by atoms with Crippen molar-refractivity contribution in [3.8, 4) is 0 Å². The van der Waals surface area contributed by atoms with Crippen LogP contribution in [0, 0.1) is 0 Å². The zero-order valence-corrected chi connectivity index (χ0v) is 7.97. The predicted molar refractivity (Wildman–Crippen MR) is 44.4 cm³/mol. The second-order valence-corrected chi connectivity index (χ2v) is 4.62. The summed E-state index contributed by atoms with van der Waals surface area (Å²) in [6, 6.07) is 0. The molecule has 1 aliphatic heterocycles. The minimum atomic E-state index is -3.30. The minimum Gasteiger partial charge on any atom is -0.376 e. The van der Waals surface area contributed by atoms with Crippen LogP contribution in [0.5, 0.6) is 0 Å². The topological polar surface area (TPSA) is 52.6 Å². The van der Waals surface area contributed by atoms with Gasteiger partial charge >= 0.3 is 0 Å². The fourth-order valence-electron chi connectivity index (χ4n) is 1.14. The summed E-state index contributed by atoms with van der Waals surface area (Å²) in [5.74, 6) is 0. The average Bonchev–Trinajstić information content (AvgIpc) is 2.02. The lowest BCUT2D eigenvalue weighted by atomic mass is 10.1. The van der Waals surface area contributed by atoms with E-state index in [0.717, 1.165) is 32.1 Å². The van der Waals surface area contributed by atoms with Crippen LogP contribution in [-0.2, 0) is 19.0 Å². The molecular weight excluding hydrogens is 180 g/mol. The quantitative estimate of drug-likeness (QED) is 0.615. The van der Waals surface area contributed by atoms with Gasteiger partial charge in [-0.25, -0.2) is 0 Å². The molecule has 72 valence electrons. The van der Waals surface area contributed by atoms with E-state index in [1.54, 1.807) is 0 Å². The van der Waals surface area contributed by atoms with E-state index in [1.165, 1.54) is 0 Å². The normalized spacial score (nSPS) is 25.6. The molecule has 0 spiro atoms. The first-order valence-corrected chi connectivity index (χ1v) is 5.85. The van der Waals surface area contributed by atoms with E-state index in [0.29, 0.717) is 0 Å². The highest BCUT2D eigenvalue weighted by Crippen LogP contribution is 2.13. The zero-order valence-electron chi connectivity index (χ0n) is 7.15. The van der Waals surface area contributed by atoms with Crippen molar-refractivity contribution in [2.24, 2.45) is 0 Å². The highest BCUT2D eigenvalue weighted by atomic mass is 32.2. The average molecular weight is 194 g/mol. The van der Waals surface area contributed by atoms with Crippen molar-refractivity contribution in [1.82, 2.24) is 0 Å². The van der Waals surface area contributed by atoms with Crippen molar-refractivity contribution in [3.63, 3.8) is 0 Å². The van der Waals surface area contributed by atoms with Crippen LogP contribution in [0.15, 0.2) is 0 Å². The second kappa shape index (κ2) is 4.20. The molecule has 1 aliphatic rings. The van der Waals surface area contributed by atoms with Gasteiger partial charge < -0.3 is 4.74 Å². The molecule has 1 saturated heterocycles. The summed E-state index contributed by atoms with van der Waals surface area (Å²) >= 11 is 0. The van der Waals surface area contributed by atoms with Gasteiger partial charge in [0.05, 0.1) is 19.0 Å². The molecule has 0 aromatic carbocycles. The lowest BCUT2D eigenvalue weighted by Crippen LogP contribution is -2.25. The summed E-state index contributed by atoms with van der Waals surface area (Å²) in [5.41, 5.74) is 0. The van der Waals surface area contributed by atoms with Crippen molar-refractivity contribution in [3.05, 3.63) is 0 Å². The van der Waals surface area contributed by atoms with Gasteiger partial charge in [-0.2, -0.15) is 8.42 Å². The zero-order chi connectivity index (χ0) is 9.03. The lowest BCUT2D eigenvalue weighted by molar-refractivity contribution is -0.00953. The Morgan fingerprint density at radius 2 is 2.25 bits per heavy atom. The second-order valence-electron chi connectivity index (χ2n) is 2.98. The molecule has 12 heavy (non-hydrogen) atoms. The van der Waals surface area contributed by atoms with Crippen molar-refractivity contribution >= 4 is 10.1 Å². The van der Waals surface area contributed by atoms with Gasteiger partial charge in [0.1, 0.15) is 0 Å². The Morgan fingerprint density at radius 1 is 1.50 bits per heavy atom. The van der Waals surface area contributed by atoms with Crippen LogP contribution in [0.4, 0.5) is 0 Å². The Kier molecular flexibility index (Phi) is 3.49. The molecule has 1 fully saturated rings. The monoisotopic (exact) mass is 194 g/mol. The molecule has 0 amide bonds. The van der Waals surface area contributed by atoms with E-state index < -0.39 is 10.1 Å². The molecule has 0 N–H and O–H groups in total. The van der Waals surface area contributed by atoms with Crippen molar-refractivity contribution in [2.45, 2.75) is 25.4 Å². The summed E-state index contributed by atoms with van der Waals surface area (Å²) in [6.45, 7) is 0.886. The largest absolute Gasteiger partial charge is 0.376 e. The number of hydrogen-bond acceptors (Lipinski definition) is 4. The molecule has 0 aromatic rings. The summed E-state index contributed by atoms with van der Waals surface area (Å²) in [7, 11) is -3.30. The first-order chi connectivity index (χ1) is 5.58. The molecule has 0 bridgehead atoms. The van der Waals surface area contributed by atoms with Crippen LogP contribution in [0.2, 0.25) is 0 Å². The van der Waals surface area contributed by atoms with Crippen molar-refractivity contribution < 1.29 is 17.3 Å². The van der Waals surface area contributed by atoms with Crippen molar-refractivity contribution in [2.75, 3.05) is 19.5 Å². The predicted octanol–water partition coefficient (Wildman–Crippen LogP) is 0.532. The standard InChI is InChI=1S/C7H14O4S/c1-12(8,9)11-6-7-4-2-3-5-10-7/h7H,2-6H2,1H3/t7-/m0/s1. The summed E-state index contributed by atoms with van der Waals surface area (Å²) in [5, 5.41) is 0. The third kappa shape index (κ3) is 4.04. The SMILES string of the molecule is CS(=O)(=O)OC[C@@H]1CCCCO1. The highest BCUT2D eigenvalue weighted by molar-refractivity contribution is 7.85. The van der Waals surface area contributed by atoms with Gasteiger partial charge in [0.15, 0.2) is 0 Å². The van der Waals surface area contributed by atoms with E-state index in [2.05, 4.69) is 4.18 Å². The van der Waals surface area contributed by atoms with Gasteiger partial charge in [0, 0.05) is 6.61 Å². The Labute approximate surface area is 73.0 Å². The molecule has 1 atom stereocenters. The molecule has 0 aromatic heterocycles. The molecule has 0 saturated carbocycles. The van der Waals surface area contributed by atoms with E-state index in [1.807, 2.05) is 0 Å². The van der Waals surface area contributed by atoms with E-state index in [4.69, 9.17) is 4.74 Å². The van der Waals surface area contributed by atoms with Crippen LogP contribution in [0.3, 0.4) is 0 Å². The van der Waals surface area contributed by atoms with Gasteiger partial charge in [0.25, 0.3) is 10.1 Å². The molecule has 0 aliphatic carbocycles. The maximum absolute atomic E-state index is 10.6. The van der Waals surface area contributed by atoms with E-state index in [-0.39, 0.29) is 12.7 Å². The number of hydrogen-bond donors (Lipinski definition) is 0. The van der Waals surface area contributed by atoms with Gasteiger partial charge in [0.2, 0.25) is 0 Å². The fraction of sp³-hybridized carbons (Fsp3) is 1.00. The van der Waals surface area contributed by atoms with Crippen LogP contribution in [0.1, 0.15) is 19.3 Å². The van der Waals surface area contributed by atoms with Gasteiger partial charge in [-0.15, -0.1) is 0 Å². The number of ether oxygens (including phenoxy) is 1. The fourth-order valence-corrected chi connectivity index (χ4v) is 1.54. The smallest absolute Gasteiger partial charge is 0.264 e. The van der Waals surface area contributed by atoms with E-state index >= 15 is 0 Å². The third-order valence-electron chi connectivity index (χ3n) is 1.74. The van der Waals surface area contributed by atoms with Gasteiger partial charge in [-0.3, -0.25) is 4.18 Å². The Bertz CT molecular complexity index is 216. The first kappa shape index (κ1) is 9.95. The lowest BCUT2D eigenvalue weighted by Gasteiger charge is -2.21. The molecule has 5 heteroatoms. The van der Waals surface area contributed by atoms with Crippen molar-refractivity contribution in [1.29, 1.82) is 0 Å². The Morgan fingerprint density at radius 3 is 2.75 bits per heavy atom. The van der Waals surface area contributed by atoms with Crippen LogP contribution >= 0.6 is 0 Å². The molecule has 1 rings (SSSR count). The van der Waals surface area contributed by atoms with Crippen LogP contribution in [0.25, 0.3) is 0 Å². The maximum Gasteiger partial charge on any atom is 0.264 e. The molecular formula is C7H14O4S. The number of rotatable bonds is 3. The molecule has 0 unspecified atom stereocenters. The maximum atomic E-state index is 10.6. The van der Waals surface area contributed by atoms with Gasteiger partial charge in [-0.1, -0.05) is 0 Å². The molecule has 4 nitrogen and oxygen atoms in total. The minimum absolute atomic E-state index is 0.0338. The first-order valence-electron chi connectivity index (χ1n) is 4.04. The Balaban J connectivity index is 2.22. The van der Waals surface area contributed by atoms with Crippen LogP contribution < -0.4 is 0 Å². The van der Waals surface area contributed by atoms with Crippen LogP contribution in [-0.4, -0.2) is 34.0 Å². The highest BCUT2D eigenvalue weighted by Gasteiger charge is 2.15. The third-order valence-corrected chi connectivity index (χ3v) is 2.31. The summed E-state index contributed by atoms with van der Waals surface area (Å²) in [6.07, 6.45) is 4.08. The molecule has 0 radical (unpaired) electrons. The summed E-state index contributed by atoms with van der Waals surface area (Å²) < 4.78 is 31.1. The molecule has 1 heterocycles. The Hall–Kier alpha value is -0.130. The van der Waals surface area contributed by atoms with Gasteiger partial charge in [-0.05, 0) is 19.3 Å². The summed E-state index contributed by atoms with van der Waals surface area (Å²) in [4.78, 5) is 0. The van der Waals surface area contributed by atoms with E-state index in [9.17, 15) is 8.42 Å².